The number of amides is 1. The second-order valence-electron chi connectivity index (χ2n) is 7.88. The van der Waals surface area contributed by atoms with Crippen LogP contribution >= 0.6 is 0 Å². The van der Waals surface area contributed by atoms with Gasteiger partial charge >= 0.3 is 22.4 Å². The average Bonchev–Trinajstić information content (AvgIpc) is 2.78. The molecule has 0 aliphatic carbocycles. The standard InChI is InChI=1S/C23H28N2O8S/c1-16(2)22(27)32-21-13-17(11-12-20(21)33-34(29,30)24(3)4)15-31-23(28)25(5)14-19(26)18-9-7-6-8-10-18/h6-13,16H,14-15H2,1-5H3. The number of carbonyl (C=O) groups excluding carboxylic acids is 3. The molecule has 184 valence electrons. The molecule has 0 radical (unpaired) electrons. The minimum absolute atomic E-state index is 0.134. The number of hydrogen-bond donors (Lipinski definition) is 0. The number of esters is 1. The van der Waals surface area contributed by atoms with E-state index in [1.165, 1.54) is 39.3 Å². The lowest BCUT2D eigenvalue weighted by atomic mass is 10.1. The first-order valence-corrected chi connectivity index (χ1v) is 11.7. The van der Waals surface area contributed by atoms with Gasteiger partial charge in [-0.05, 0) is 17.7 Å². The summed E-state index contributed by atoms with van der Waals surface area (Å²) >= 11 is 0. The van der Waals surface area contributed by atoms with E-state index < -0.39 is 28.3 Å². The molecule has 11 heteroatoms. The average molecular weight is 493 g/mol. The van der Waals surface area contributed by atoms with Crippen LogP contribution in [0.25, 0.3) is 0 Å². The van der Waals surface area contributed by atoms with E-state index in [0.29, 0.717) is 11.1 Å². The SMILES string of the molecule is CC(C)C(=O)Oc1cc(COC(=O)N(C)CC(=O)c2ccccc2)ccc1OS(=O)(=O)N(C)C. The molecule has 0 N–H and O–H groups in total. The van der Waals surface area contributed by atoms with E-state index >= 15 is 0 Å². The summed E-state index contributed by atoms with van der Waals surface area (Å²) in [6, 6.07) is 12.7. The van der Waals surface area contributed by atoms with Crippen LogP contribution in [0.1, 0.15) is 29.8 Å². The zero-order valence-electron chi connectivity index (χ0n) is 19.7. The molecule has 1 amide bonds. The lowest BCUT2D eigenvalue weighted by Crippen LogP contribution is -2.32. The predicted octanol–water partition coefficient (Wildman–Crippen LogP) is 2.88. The summed E-state index contributed by atoms with van der Waals surface area (Å²) in [6.45, 7) is 2.86. The molecule has 0 fully saturated rings. The third-order valence-electron chi connectivity index (χ3n) is 4.48. The van der Waals surface area contributed by atoms with Gasteiger partial charge in [0.1, 0.15) is 6.61 Å². The number of benzene rings is 2. The number of ketones is 1. The highest BCUT2D eigenvalue weighted by molar-refractivity contribution is 7.84. The molecule has 0 aliphatic rings. The third-order valence-corrected chi connectivity index (χ3v) is 5.77. The second kappa shape index (κ2) is 11.6. The van der Waals surface area contributed by atoms with Crippen molar-refractivity contribution in [1.82, 2.24) is 9.21 Å². The second-order valence-corrected chi connectivity index (χ2v) is 9.63. The zero-order chi connectivity index (χ0) is 25.5. The van der Waals surface area contributed by atoms with Crippen molar-refractivity contribution >= 4 is 28.1 Å². The molecule has 2 aromatic carbocycles. The van der Waals surface area contributed by atoms with E-state index in [1.807, 2.05) is 0 Å². The smallest absolute Gasteiger partial charge is 0.410 e. The van der Waals surface area contributed by atoms with Gasteiger partial charge in [-0.3, -0.25) is 9.59 Å². The molecule has 0 saturated carbocycles. The van der Waals surface area contributed by atoms with Crippen molar-refractivity contribution in [2.45, 2.75) is 20.5 Å². The van der Waals surface area contributed by atoms with E-state index in [9.17, 15) is 22.8 Å². The number of likely N-dealkylation sites (N-methyl/N-ethyl adjacent to an activating group) is 1. The lowest BCUT2D eigenvalue weighted by molar-refractivity contribution is -0.137. The fraction of sp³-hybridized carbons (Fsp3) is 0.348. The Morgan fingerprint density at radius 3 is 2.18 bits per heavy atom. The molecule has 0 saturated heterocycles. The van der Waals surface area contributed by atoms with Gasteiger partial charge in [0.15, 0.2) is 17.3 Å². The predicted molar refractivity (Wildman–Crippen MR) is 124 cm³/mol. The van der Waals surface area contributed by atoms with Crippen LogP contribution in [0.15, 0.2) is 48.5 Å². The van der Waals surface area contributed by atoms with Gasteiger partial charge < -0.3 is 18.6 Å². The highest BCUT2D eigenvalue weighted by Gasteiger charge is 2.22. The fourth-order valence-corrected chi connectivity index (χ4v) is 2.97. The van der Waals surface area contributed by atoms with Gasteiger partial charge in [0.05, 0.1) is 12.5 Å². The number of hydrogen-bond acceptors (Lipinski definition) is 8. The molecular formula is C23H28N2O8S. The van der Waals surface area contributed by atoms with Gasteiger partial charge in [0.2, 0.25) is 0 Å². The van der Waals surface area contributed by atoms with Crippen LogP contribution in [0.3, 0.4) is 0 Å². The lowest BCUT2D eigenvalue weighted by Gasteiger charge is -2.18. The van der Waals surface area contributed by atoms with Crippen LogP contribution < -0.4 is 8.92 Å². The highest BCUT2D eigenvalue weighted by atomic mass is 32.2. The van der Waals surface area contributed by atoms with Crippen molar-refractivity contribution < 1.29 is 36.5 Å². The Morgan fingerprint density at radius 1 is 0.941 bits per heavy atom. The molecule has 2 aromatic rings. The number of Topliss-reactive ketones (excluding diaryl/α,β-unsaturated/α-hetero) is 1. The quantitative estimate of drug-likeness (QED) is 0.282. The van der Waals surface area contributed by atoms with E-state index in [2.05, 4.69) is 0 Å². The summed E-state index contributed by atoms with van der Waals surface area (Å²) in [4.78, 5) is 37.8. The maximum Gasteiger partial charge on any atom is 0.410 e. The Kier molecular flexibility index (Phi) is 9.16. The first-order chi connectivity index (χ1) is 15.9. The summed E-state index contributed by atoms with van der Waals surface area (Å²) in [5, 5.41) is 0. The molecule has 0 bridgehead atoms. The molecular weight excluding hydrogens is 464 g/mol. The maximum absolute atomic E-state index is 12.3. The van der Waals surface area contributed by atoms with Gasteiger partial charge in [-0.15, -0.1) is 0 Å². The number of ether oxygens (including phenoxy) is 2. The number of carbonyl (C=O) groups is 3. The summed E-state index contributed by atoms with van der Waals surface area (Å²) in [7, 11) is -0.0761. The molecule has 0 heterocycles. The number of rotatable bonds is 10. The molecule has 34 heavy (non-hydrogen) atoms. The van der Waals surface area contributed by atoms with Gasteiger partial charge in [0.25, 0.3) is 0 Å². The van der Waals surface area contributed by atoms with Crippen molar-refractivity contribution in [2.75, 3.05) is 27.7 Å². The molecule has 0 unspecified atom stereocenters. The monoisotopic (exact) mass is 492 g/mol. The van der Waals surface area contributed by atoms with Crippen molar-refractivity contribution in [3.8, 4) is 11.5 Å². The van der Waals surface area contributed by atoms with Crippen LogP contribution in [-0.4, -0.2) is 63.2 Å². The summed E-state index contributed by atoms with van der Waals surface area (Å²) in [6.07, 6.45) is -0.736. The molecule has 0 atom stereocenters. The van der Waals surface area contributed by atoms with E-state index in [4.69, 9.17) is 13.7 Å². The Morgan fingerprint density at radius 2 is 1.59 bits per heavy atom. The first-order valence-electron chi connectivity index (χ1n) is 10.3. The highest BCUT2D eigenvalue weighted by Crippen LogP contribution is 2.31. The van der Waals surface area contributed by atoms with Crippen molar-refractivity contribution in [3.05, 3.63) is 59.7 Å². The van der Waals surface area contributed by atoms with E-state index in [0.717, 1.165) is 9.21 Å². The Labute approximate surface area is 199 Å². The van der Waals surface area contributed by atoms with Gasteiger partial charge in [-0.25, -0.2) is 4.79 Å². The minimum atomic E-state index is -4.10. The van der Waals surface area contributed by atoms with Crippen LogP contribution in [0, 0.1) is 5.92 Å². The number of nitrogens with zero attached hydrogens (tertiary/aromatic N) is 2. The fourth-order valence-electron chi connectivity index (χ4n) is 2.46. The molecule has 0 spiro atoms. The van der Waals surface area contributed by atoms with Crippen LogP contribution in [-0.2, 0) is 26.4 Å². The van der Waals surface area contributed by atoms with E-state index in [-0.39, 0.29) is 30.4 Å². The Balaban J connectivity index is 2.11. The summed E-state index contributed by atoms with van der Waals surface area (Å²) < 4.78 is 40.6. The van der Waals surface area contributed by atoms with Crippen LogP contribution in [0.4, 0.5) is 4.79 Å². The minimum Gasteiger partial charge on any atom is -0.445 e. The topological polar surface area (TPSA) is 120 Å². The summed E-state index contributed by atoms with van der Waals surface area (Å²) in [5.74, 6) is -1.64. The van der Waals surface area contributed by atoms with E-state index in [1.54, 1.807) is 44.2 Å². The van der Waals surface area contributed by atoms with Crippen LogP contribution in [0.2, 0.25) is 0 Å². The van der Waals surface area contributed by atoms with Crippen molar-refractivity contribution in [1.29, 1.82) is 0 Å². The normalized spacial score (nSPS) is 11.3. The largest absolute Gasteiger partial charge is 0.445 e. The van der Waals surface area contributed by atoms with Crippen molar-refractivity contribution in [2.24, 2.45) is 5.92 Å². The van der Waals surface area contributed by atoms with Gasteiger partial charge in [-0.2, -0.15) is 12.7 Å². The van der Waals surface area contributed by atoms with Gasteiger partial charge in [-0.1, -0.05) is 50.2 Å². The zero-order valence-corrected chi connectivity index (χ0v) is 20.5. The van der Waals surface area contributed by atoms with Crippen LogP contribution in [0.5, 0.6) is 11.5 Å². The molecule has 0 aliphatic heterocycles. The molecule has 10 nitrogen and oxygen atoms in total. The summed E-state index contributed by atoms with van der Waals surface area (Å²) in [5.41, 5.74) is 0.888. The van der Waals surface area contributed by atoms with Crippen molar-refractivity contribution in [3.63, 3.8) is 0 Å². The first kappa shape index (κ1) is 26.8. The Hall–Kier alpha value is -3.44. The Bertz CT molecular complexity index is 1130. The molecule has 0 aromatic heterocycles. The van der Waals surface area contributed by atoms with Gasteiger partial charge in [0, 0.05) is 26.7 Å². The molecule has 2 rings (SSSR count). The maximum atomic E-state index is 12.3. The third kappa shape index (κ3) is 7.56.